The van der Waals surface area contributed by atoms with Crippen molar-refractivity contribution in [2.24, 2.45) is 5.92 Å². The predicted molar refractivity (Wildman–Crippen MR) is 67.4 cm³/mol. The maximum Gasteiger partial charge on any atom is 0.403 e. The maximum atomic E-state index is 12.8. The second kappa shape index (κ2) is 8.53. The quantitative estimate of drug-likeness (QED) is 0.496. The molecule has 2 nitrogen and oxygen atoms in total. The molecule has 2 N–H and O–H groups in total. The molecule has 18 heavy (non-hydrogen) atoms. The lowest BCUT2D eigenvalue weighted by Gasteiger charge is -2.28. The van der Waals surface area contributed by atoms with Gasteiger partial charge < -0.3 is 10.4 Å². The number of aliphatic hydroxyl groups excluding tert-OH is 1. The van der Waals surface area contributed by atoms with Gasteiger partial charge >= 0.3 is 6.18 Å². The van der Waals surface area contributed by atoms with E-state index in [4.69, 9.17) is 5.11 Å². The summed E-state index contributed by atoms with van der Waals surface area (Å²) in [7, 11) is 0. The fourth-order valence-electron chi connectivity index (χ4n) is 1.69. The monoisotopic (exact) mass is 267 g/mol. The van der Waals surface area contributed by atoms with Crippen molar-refractivity contribution < 1.29 is 18.3 Å². The van der Waals surface area contributed by atoms with Gasteiger partial charge in [0.05, 0.1) is 6.61 Å². The highest BCUT2D eigenvalue weighted by Crippen LogP contribution is 2.25. The minimum absolute atomic E-state index is 0.0342. The number of aliphatic hydroxyl groups is 1. The second-order valence-corrected chi connectivity index (χ2v) is 4.87. The number of unbranched alkanes of at least 4 members (excludes halogenated alkanes) is 2. The van der Waals surface area contributed by atoms with Gasteiger partial charge in [-0.25, -0.2) is 0 Å². The van der Waals surface area contributed by atoms with E-state index in [2.05, 4.69) is 11.9 Å². The van der Waals surface area contributed by atoms with Crippen LogP contribution in [0.2, 0.25) is 0 Å². The van der Waals surface area contributed by atoms with Crippen LogP contribution in [-0.2, 0) is 0 Å². The molecule has 0 aromatic carbocycles. The first-order valence-corrected chi connectivity index (χ1v) is 6.37. The first-order chi connectivity index (χ1) is 8.32. The van der Waals surface area contributed by atoms with E-state index in [9.17, 15) is 13.2 Å². The van der Waals surface area contributed by atoms with E-state index >= 15 is 0 Å². The van der Waals surface area contributed by atoms with E-state index in [1.807, 2.05) is 0 Å². The molecule has 0 bridgehead atoms. The third-order valence-electron chi connectivity index (χ3n) is 2.96. The summed E-state index contributed by atoms with van der Waals surface area (Å²) >= 11 is 0. The zero-order valence-electron chi connectivity index (χ0n) is 11.1. The van der Waals surface area contributed by atoms with Crippen LogP contribution in [0.1, 0.15) is 39.5 Å². The Bertz CT molecular complexity index is 229. The Labute approximate surface area is 107 Å². The molecule has 0 amide bonds. The Morgan fingerprint density at radius 1 is 1.28 bits per heavy atom. The van der Waals surface area contributed by atoms with Gasteiger partial charge in [0.25, 0.3) is 0 Å². The highest BCUT2D eigenvalue weighted by molar-refractivity contribution is 4.81. The molecule has 2 atom stereocenters. The summed E-state index contributed by atoms with van der Waals surface area (Å²) in [5, 5.41) is 11.6. The lowest BCUT2D eigenvalue weighted by atomic mass is 10.0. The number of nitrogens with one attached hydrogen (secondary N) is 1. The molecule has 0 aliphatic rings. The lowest BCUT2D eigenvalue weighted by molar-refractivity contribution is -0.160. The van der Waals surface area contributed by atoms with Crippen molar-refractivity contribution in [1.82, 2.24) is 5.32 Å². The molecule has 0 saturated heterocycles. The molecule has 108 valence electrons. The standard InChI is InChI=1S/C13H24F3NO/c1-4-5-6-7-8-12(13(14,15)16)17-11(9-18)10(2)3/h4,10-12,17-18H,1,5-9H2,2-3H3/t11-,12-/m1/s1. The van der Waals surface area contributed by atoms with Crippen LogP contribution in [0.15, 0.2) is 12.7 Å². The van der Waals surface area contributed by atoms with E-state index in [0.717, 1.165) is 6.42 Å². The van der Waals surface area contributed by atoms with Crippen molar-refractivity contribution in [3.63, 3.8) is 0 Å². The van der Waals surface area contributed by atoms with Gasteiger partial charge in [0.2, 0.25) is 0 Å². The zero-order chi connectivity index (χ0) is 14.2. The Kier molecular flexibility index (Phi) is 8.27. The van der Waals surface area contributed by atoms with E-state index in [1.54, 1.807) is 19.9 Å². The molecule has 0 spiro atoms. The topological polar surface area (TPSA) is 32.3 Å². The molecule has 0 radical (unpaired) electrons. The first-order valence-electron chi connectivity index (χ1n) is 6.37. The van der Waals surface area contributed by atoms with Crippen LogP contribution < -0.4 is 5.32 Å². The molecule has 0 fully saturated rings. The van der Waals surface area contributed by atoms with Gasteiger partial charge in [-0.05, 0) is 25.2 Å². The number of allylic oxidation sites excluding steroid dienone is 1. The molecule has 0 saturated carbocycles. The molecule has 0 aromatic heterocycles. The van der Waals surface area contributed by atoms with Gasteiger partial charge in [-0.3, -0.25) is 0 Å². The van der Waals surface area contributed by atoms with Crippen molar-refractivity contribution in [3.05, 3.63) is 12.7 Å². The van der Waals surface area contributed by atoms with Gasteiger partial charge in [-0.2, -0.15) is 13.2 Å². The first kappa shape index (κ1) is 17.4. The zero-order valence-corrected chi connectivity index (χ0v) is 11.1. The van der Waals surface area contributed by atoms with E-state index in [1.165, 1.54) is 0 Å². The Morgan fingerprint density at radius 2 is 1.89 bits per heavy atom. The highest BCUT2D eigenvalue weighted by Gasteiger charge is 2.40. The molecule has 0 aliphatic carbocycles. The molecule has 5 heteroatoms. The van der Waals surface area contributed by atoms with Crippen molar-refractivity contribution in [2.75, 3.05) is 6.61 Å². The van der Waals surface area contributed by atoms with Crippen molar-refractivity contribution in [3.8, 4) is 0 Å². The predicted octanol–water partition coefficient (Wildman–Crippen LogP) is 3.27. The van der Waals surface area contributed by atoms with Gasteiger partial charge in [0.1, 0.15) is 6.04 Å². The number of hydrogen-bond donors (Lipinski definition) is 2. The minimum Gasteiger partial charge on any atom is -0.395 e. The minimum atomic E-state index is -4.27. The number of halogens is 3. The molecular formula is C13H24F3NO. The SMILES string of the molecule is C=CCCCC[C@@H](N[C@H](CO)C(C)C)C(F)(F)F. The summed E-state index contributed by atoms with van der Waals surface area (Å²) in [5.74, 6) is -0.0342. The van der Waals surface area contributed by atoms with Crippen LogP contribution in [0.4, 0.5) is 13.2 Å². The fraction of sp³-hybridized carbons (Fsp3) is 0.846. The van der Waals surface area contributed by atoms with Crippen LogP contribution in [0.5, 0.6) is 0 Å². The van der Waals surface area contributed by atoms with Crippen LogP contribution in [0.25, 0.3) is 0 Å². The second-order valence-electron chi connectivity index (χ2n) is 4.87. The number of alkyl halides is 3. The maximum absolute atomic E-state index is 12.8. The van der Waals surface area contributed by atoms with Crippen molar-refractivity contribution >= 4 is 0 Å². The summed E-state index contributed by atoms with van der Waals surface area (Å²) in [6.45, 7) is 6.84. The largest absolute Gasteiger partial charge is 0.403 e. The highest BCUT2D eigenvalue weighted by atomic mass is 19.4. The van der Waals surface area contributed by atoms with E-state index in [0.29, 0.717) is 12.8 Å². The van der Waals surface area contributed by atoms with Gasteiger partial charge in [0, 0.05) is 6.04 Å². The Hall–Kier alpha value is -0.550. The Balaban J connectivity index is 4.35. The summed E-state index contributed by atoms with van der Waals surface area (Å²) < 4.78 is 38.5. The third kappa shape index (κ3) is 7.01. The number of hydrogen-bond acceptors (Lipinski definition) is 2. The van der Waals surface area contributed by atoms with Crippen LogP contribution >= 0.6 is 0 Å². The van der Waals surface area contributed by atoms with Crippen LogP contribution in [-0.4, -0.2) is 30.0 Å². The van der Waals surface area contributed by atoms with E-state index in [-0.39, 0.29) is 18.9 Å². The van der Waals surface area contributed by atoms with Gasteiger partial charge in [-0.1, -0.05) is 26.3 Å². The number of rotatable bonds is 9. The van der Waals surface area contributed by atoms with E-state index < -0.39 is 18.3 Å². The lowest BCUT2D eigenvalue weighted by Crippen LogP contribution is -2.50. The summed E-state index contributed by atoms with van der Waals surface area (Å²) in [4.78, 5) is 0. The summed E-state index contributed by atoms with van der Waals surface area (Å²) in [5.41, 5.74) is 0. The molecule has 0 heterocycles. The molecule has 0 unspecified atom stereocenters. The average Bonchev–Trinajstić information content (AvgIpc) is 2.26. The van der Waals surface area contributed by atoms with Crippen molar-refractivity contribution in [2.45, 2.75) is 57.8 Å². The molecule has 0 aliphatic heterocycles. The molecule has 0 rings (SSSR count). The van der Waals surface area contributed by atoms with Crippen LogP contribution in [0, 0.1) is 5.92 Å². The fourth-order valence-corrected chi connectivity index (χ4v) is 1.69. The summed E-state index contributed by atoms with van der Waals surface area (Å²) in [6, 6.07) is -2.06. The van der Waals surface area contributed by atoms with Crippen LogP contribution in [0.3, 0.4) is 0 Å². The smallest absolute Gasteiger partial charge is 0.395 e. The van der Waals surface area contributed by atoms with Crippen molar-refractivity contribution in [1.29, 1.82) is 0 Å². The van der Waals surface area contributed by atoms with Gasteiger partial charge in [-0.15, -0.1) is 6.58 Å². The normalized spacial score (nSPS) is 15.7. The molecular weight excluding hydrogens is 243 g/mol. The molecule has 0 aromatic rings. The van der Waals surface area contributed by atoms with Gasteiger partial charge in [0.15, 0.2) is 0 Å². The third-order valence-corrected chi connectivity index (χ3v) is 2.96. The average molecular weight is 267 g/mol. The Morgan fingerprint density at radius 3 is 2.28 bits per heavy atom. The summed E-state index contributed by atoms with van der Waals surface area (Å²) in [6.07, 6.45) is -0.571.